The summed E-state index contributed by atoms with van der Waals surface area (Å²) >= 11 is 0. The molecule has 0 amide bonds. The zero-order chi connectivity index (χ0) is 13.8. The highest BCUT2D eigenvalue weighted by molar-refractivity contribution is 5.42. The van der Waals surface area contributed by atoms with E-state index in [4.69, 9.17) is 9.47 Å². The molecule has 1 aliphatic heterocycles. The Bertz CT molecular complexity index is 425. The Hall–Kier alpha value is -1.33. The molecule has 2 unspecified atom stereocenters. The highest BCUT2D eigenvalue weighted by Gasteiger charge is 2.24. The van der Waals surface area contributed by atoms with Crippen molar-refractivity contribution >= 4 is 0 Å². The van der Waals surface area contributed by atoms with Gasteiger partial charge in [0.05, 0.1) is 14.2 Å². The molecule has 0 aromatic carbocycles. The smallest absolute Gasteiger partial charge is 0.183 e. The Labute approximate surface area is 114 Å². The van der Waals surface area contributed by atoms with Crippen molar-refractivity contribution in [2.75, 3.05) is 27.3 Å². The fourth-order valence-corrected chi connectivity index (χ4v) is 2.47. The molecule has 0 aliphatic carbocycles. The molecule has 5 heteroatoms. The van der Waals surface area contributed by atoms with E-state index in [1.54, 1.807) is 20.4 Å². The van der Waals surface area contributed by atoms with Crippen LogP contribution in [-0.4, -0.2) is 49.3 Å². The van der Waals surface area contributed by atoms with Gasteiger partial charge < -0.3 is 14.8 Å². The first-order chi connectivity index (χ1) is 9.15. The molecular weight excluding hydrogens is 242 g/mol. The molecule has 1 aliphatic rings. The first kappa shape index (κ1) is 14.1. The summed E-state index contributed by atoms with van der Waals surface area (Å²) in [7, 11) is 3.31. The van der Waals surface area contributed by atoms with E-state index in [9.17, 15) is 0 Å². The molecular formula is C14H23N3O2. The van der Waals surface area contributed by atoms with E-state index in [0.29, 0.717) is 12.1 Å². The van der Waals surface area contributed by atoms with Gasteiger partial charge >= 0.3 is 0 Å². The van der Waals surface area contributed by atoms with Crippen molar-refractivity contribution in [1.82, 2.24) is 15.2 Å². The number of methoxy groups -OCH3 is 2. The van der Waals surface area contributed by atoms with Crippen LogP contribution in [0.3, 0.4) is 0 Å². The molecule has 106 valence electrons. The van der Waals surface area contributed by atoms with Gasteiger partial charge in [0.25, 0.3) is 0 Å². The summed E-state index contributed by atoms with van der Waals surface area (Å²) in [5, 5.41) is 3.48. The van der Waals surface area contributed by atoms with Crippen molar-refractivity contribution in [3.63, 3.8) is 0 Å². The van der Waals surface area contributed by atoms with Crippen LogP contribution in [0.1, 0.15) is 19.5 Å². The topological polar surface area (TPSA) is 46.6 Å². The zero-order valence-electron chi connectivity index (χ0n) is 12.1. The van der Waals surface area contributed by atoms with Crippen LogP contribution in [0.15, 0.2) is 12.3 Å². The number of ether oxygens (including phenoxy) is 2. The van der Waals surface area contributed by atoms with Crippen molar-refractivity contribution in [2.24, 2.45) is 0 Å². The van der Waals surface area contributed by atoms with Gasteiger partial charge in [0.1, 0.15) is 5.69 Å². The average molecular weight is 265 g/mol. The monoisotopic (exact) mass is 265 g/mol. The second-order valence-electron chi connectivity index (χ2n) is 5.08. The summed E-state index contributed by atoms with van der Waals surface area (Å²) in [6.07, 6.45) is 1.77. The summed E-state index contributed by atoms with van der Waals surface area (Å²) in [4.78, 5) is 6.87. The van der Waals surface area contributed by atoms with Crippen LogP contribution in [0.5, 0.6) is 11.5 Å². The van der Waals surface area contributed by atoms with E-state index in [-0.39, 0.29) is 0 Å². The number of aromatic nitrogens is 1. The predicted molar refractivity (Wildman–Crippen MR) is 74.7 cm³/mol. The number of nitrogens with one attached hydrogen (secondary N) is 1. The molecule has 1 N–H and O–H groups in total. The normalized spacial score (nSPS) is 24.2. The maximum absolute atomic E-state index is 5.44. The van der Waals surface area contributed by atoms with Crippen LogP contribution in [0.4, 0.5) is 0 Å². The van der Waals surface area contributed by atoms with Crippen molar-refractivity contribution in [3.8, 4) is 11.5 Å². The van der Waals surface area contributed by atoms with Crippen molar-refractivity contribution in [1.29, 1.82) is 0 Å². The fourth-order valence-electron chi connectivity index (χ4n) is 2.47. The van der Waals surface area contributed by atoms with Gasteiger partial charge in [-0.3, -0.25) is 9.88 Å². The lowest BCUT2D eigenvalue weighted by molar-refractivity contribution is 0.135. The minimum atomic E-state index is 0.494. The maximum atomic E-state index is 5.44. The molecule has 2 rings (SSSR count). The first-order valence-electron chi connectivity index (χ1n) is 6.69. The highest BCUT2D eigenvalue weighted by atomic mass is 16.5. The lowest BCUT2D eigenvalue weighted by Gasteiger charge is -2.37. The maximum Gasteiger partial charge on any atom is 0.183 e. The Kier molecular flexibility index (Phi) is 4.61. The molecule has 0 saturated carbocycles. The third kappa shape index (κ3) is 3.16. The van der Waals surface area contributed by atoms with E-state index >= 15 is 0 Å². The van der Waals surface area contributed by atoms with Crippen LogP contribution in [0, 0.1) is 0 Å². The van der Waals surface area contributed by atoms with E-state index in [0.717, 1.165) is 36.8 Å². The van der Waals surface area contributed by atoms with Crippen LogP contribution in [-0.2, 0) is 6.54 Å². The van der Waals surface area contributed by atoms with Gasteiger partial charge in [-0.2, -0.15) is 0 Å². The van der Waals surface area contributed by atoms with Crippen LogP contribution in [0.2, 0.25) is 0 Å². The number of nitrogens with zero attached hydrogens (tertiary/aromatic N) is 2. The molecule has 2 atom stereocenters. The SMILES string of the molecule is COc1ccnc(CN2CC(C)NCC2C)c1OC. The summed E-state index contributed by atoms with van der Waals surface area (Å²) in [5.41, 5.74) is 0.933. The summed E-state index contributed by atoms with van der Waals surface area (Å²) < 4.78 is 10.8. The van der Waals surface area contributed by atoms with Gasteiger partial charge in [-0.05, 0) is 13.8 Å². The molecule has 0 spiro atoms. The Morgan fingerprint density at radius 3 is 2.84 bits per heavy atom. The molecule has 1 aromatic heterocycles. The second-order valence-corrected chi connectivity index (χ2v) is 5.08. The third-order valence-electron chi connectivity index (χ3n) is 3.61. The van der Waals surface area contributed by atoms with Gasteiger partial charge in [-0.15, -0.1) is 0 Å². The number of pyridine rings is 1. The number of piperazine rings is 1. The molecule has 1 saturated heterocycles. The molecule has 1 aromatic rings. The highest BCUT2D eigenvalue weighted by Crippen LogP contribution is 2.30. The predicted octanol–water partition coefficient (Wildman–Crippen LogP) is 1.28. The van der Waals surface area contributed by atoms with Crippen LogP contribution >= 0.6 is 0 Å². The Balaban J connectivity index is 2.18. The fraction of sp³-hybridized carbons (Fsp3) is 0.643. The van der Waals surface area contributed by atoms with Crippen molar-refractivity contribution in [3.05, 3.63) is 18.0 Å². The molecule has 5 nitrogen and oxygen atoms in total. The molecule has 1 fully saturated rings. The van der Waals surface area contributed by atoms with Gasteiger partial charge in [0.15, 0.2) is 11.5 Å². The Morgan fingerprint density at radius 1 is 1.37 bits per heavy atom. The third-order valence-corrected chi connectivity index (χ3v) is 3.61. The molecule has 0 bridgehead atoms. The second kappa shape index (κ2) is 6.21. The molecule has 0 radical (unpaired) electrons. The summed E-state index contributed by atoms with van der Waals surface area (Å²) in [5.74, 6) is 1.48. The van der Waals surface area contributed by atoms with E-state index in [1.807, 2.05) is 6.07 Å². The largest absolute Gasteiger partial charge is 0.493 e. The van der Waals surface area contributed by atoms with Gasteiger partial charge in [-0.25, -0.2) is 0 Å². The number of rotatable bonds is 4. The minimum Gasteiger partial charge on any atom is -0.493 e. The minimum absolute atomic E-state index is 0.494. The Morgan fingerprint density at radius 2 is 2.16 bits per heavy atom. The van der Waals surface area contributed by atoms with E-state index < -0.39 is 0 Å². The van der Waals surface area contributed by atoms with Crippen LogP contribution < -0.4 is 14.8 Å². The zero-order valence-corrected chi connectivity index (χ0v) is 12.1. The van der Waals surface area contributed by atoms with Crippen molar-refractivity contribution in [2.45, 2.75) is 32.5 Å². The quantitative estimate of drug-likeness (QED) is 0.888. The standard InChI is InChI=1S/C14H23N3O2/c1-10-8-17(11(2)7-16-10)9-12-14(19-4)13(18-3)5-6-15-12/h5-6,10-11,16H,7-9H2,1-4H3. The van der Waals surface area contributed by atoms with Crippen molar-refractivity contribution < 1.29 is 9.47 Å². The average Bonchev–Trinajstić information content (AvgIpc) is 2.42. The van der Waals surface area contributed by atoms with E-state index in [2.05, 4.69) is 29.0 Å². The lowest BCUT2D eigenvalue weighted by Crippen LogP contribution is -2.53. The molecule has 19 heavy (non-hydrogen) atoms. The van der Waals surface area contributed by atoms with Gasteiger partial charge in [0, 0.05) is 44.0 Å². The number of hydrogen-bond donors (Lipinski definition) is 1. The lowest BCUT2D eigenvalue weighted by atomic mass is 10.1. The van der Waals surface area contributed by atoms with Crippen LogP contribution in [0.25, 0.3) is 0 Å². The molecule has 2 heterocycles. The van der Waals surface area contributed by atoms with E-state index in [1.165, 1.54) is 0 Å². The summed E-state index contributed by atoms with van der Waals surface area (Å²) in [6.45, 7) is 7.24. The van der Waals surface area contributed by atoms with Gasteiger partial charge in [-0.1, -0.05) is 0 Å². The summed E-state index contributed by atoms with van der Waals surface area (Å²) in [6, 6.07) is 2.83. The number of hydrogen-bond acceptors (Lipinski definition) is 5. The van der Waals surface area contributed by atoms with Gasteiger partial charge in [0.2, 0.25) is 0 Å². The first-order valence-corrected chi connectivity index (χ1v) is 6.69.